The van der Waals surface area contributed by atoms with E-state index in [1.54, 1.807) is 4.90 Å². The highest BCUT2D eigenvalue weighted by molar-refractivity contribution is 6.01. The molecule has 2 aromatic rings. The molecule has 37 heavy (non-hydrogen) atoms. The van der Waals surface area contributed by atoms with Crippen molar-refractivity contribution in [1.82, 2.24) is 4.90 Å². The Morgan fingerprint density at radius 1 is 1.03 bits per heavy atom. The van der Waals surface area contributed by atoms with Gasteiger partial charge in [0, 0.05) is 43.9 Å². The van der Waals surface area contributed by atoms with Crippen molar-refractivity contribution in [2.24, 2.45) is 11.8 Å². The third-order valence-electron chi connectivity index (χ3n) is 8.77. The number of likely N-dealkylation sites (N-methyl/N-ethyl adjacent to an activating group) is 1. The molecule has 0 aromatic heterocycles. The number of anilines is 1. The van der Waals surface area contributed by atoms with Crippen molar-refractivity contribution in [3.05, 3.63) is 90.2 Å². The summed E-state index contributed by atoms with van der Waals surface area (Å²) < 4.78 is 0. The van der Waals surface area contributed by atoms with E-state index >= 15 is 0 Å². The minimum atomic E-state index is -0.0165. The highest BCUT2D eigenvalue weighted by Gasteiger charge is 2.39. The Bertz CT molecular complexity index is 1260. The number of hydrogen-bond acceptors (Lipinski definition) is 3. The zero-order valence-electron chi connectivity index (χ0n) is 22.2. The van der Waals surface area contributed by atoms with Crippen LogP contribution in [0.15, 0.2) is 79.0 Å². The van der Waals surface area contributed by atoms with Crippen molar-refractivity contribution < 1.29 is 9.59 Å². The molecule has 1 saturated carbocycles. The second kappa shape index (κ2) is 10.5. The summed E-state index contributed by atoms with van der Waals surface area (Å²) in [5, 5.41) is 0. The van der Waals surface area contributed by atoms with E-state index in [0.717, 1.165) is 78.0 Å². The molecule has 192 valence electrons. The van der Waals surface area contributed by atoms with Gasteiger partial charge in [0.1, 0.15) is 5.78 Å². The highest BCUT2D eigenvalue weighted by Crippen LogP contribution is 2.43. The van der Waals surface area contributed by atoms with Gasteiger partial charge in [-0.2, -0.15) is 0 Å². The maximum absolute atomic E-state index is 13.2. The van der Waals surface area contributed by atoms with Crippen LogP contribution in [-0.2, 0) is 16.0 Å². The maximum atomic E-state index is 13.2. The van der Waals surface area contributed by atoms with Gasteiger partial charge >= 0.3 is 0 Å². The predicted molar refractivity (Wildman–Crippen MR) is 151 cm³/mol. The van der Waals surface area contributed by atoms with Gasteiger partial charge in [-0.3, -0.25) is 9.59 Å². The summed E-state index contributed by atoms with van der Waals surface area (Å²) in [7, 11) is 1.84. The van der Waals surface area contributed by atoms with Crippen LogP contribution in [0.4, 0.5) is 5.69 Å². The molecule has 0 spiro atoms. The lowest BCUT2D eigenvalue weighted by Crippen LogP contribution is -2.35. The number of carbonyl (C=O) groups is 2. The largest absolute Gasteiger partial charge is 0.372 e. The Labute approximate surface area is 221 Å². The van der Waals surface area contributed by atoms with Crippen LogP contribution in [0.3, 0.4) is 0 Å². The fourth-order valence-corrected chi connectivity index (χ4v) is 6.40. The lowest BCUT2D eigenvalue weighted by Gasteiger charge is -2.37. The first kappa shape index (κ1) is 25.3. The zero-order valence-corrected chi connectivity index (χ0v) is 22.2. The molecule has 1 aliphatic carbocycles. The van der Waals surface area contributed by atoms with Gasteiger partial charge in [0.2, 0.25) is 5.91 Å². The molecule has 2 aromatic carbocycles. The number of benzene rings is 2. The maximum Gasteiger partial charge on any atom is 0.231 e. The molecular formula is C33H38N2O2. The first-order valence-electron chi connectivity index (χ1n) is 13.6. The van der Waals surface area contributed by atoms with Gasteiger partial charge in [0.05, 0.1) is 6.42 Å². The number of ketones is 1. The Balaban J connectivity index is 1.24. The van der Waals surface area contributed by atoms with Crippen LogP contribution in [0.25, 0.3) is 11.1 Å². The average Bonchev–Trinajstić information content (AvgIpc) is 3.45. The van der Waals surface area contributed by atoms with Crippen LogP contribution in [0.1, 0.15) is 56.1 Å². The molecule has 4 nitrogen and oxygen atoms in total. The number of fused-ring (bicyclic) bond motifs is 1. The van der Waals surface area contributed by atoms with Crippen LogP contribution in [-0.4, -0.2) is 36.7 Å². The fourth-order valence-electron chi connectivity index (χ4n) is 6.40. The molecule has 2 atom stereocenters. The monoisotopic (exact) mass is 494 g/mol. The molecule has 1 saturated heterocycles. The smallest absolute Gasteiger partial charge is 0.231 e. The summed E-state index contributed by atoms with van der Waals surface area (Å²) in [6.45, 7) is 12.5. The normalized spacial score (nSPS) is 22.2. The van der Waals surface area contributed by atoms with E-state index in [2.05, 4.69) is 72.7 Å². The van der Waals surface area contributed by atoms with Crippen LogP contribution >= 0.6 is 0 Å². The minimum absolute atomic E-state index is 0.0165. The van der Waals surface area contributed by atoms with Crippen molar-refractivity contribution in [1.29, 1.82) is 0 Å². The Morgan fingerprint density at radius 2 is 1.78 bits per heavy atom. The lowest BCUT2D eigenvalue weighted by molar-refractivity contribution is -0.119. The van der Waals surface area contributed by atoms with E-state index < -0.39 is 0 Å². The van der Waals surface area contributed by atoms with Crippen LogP contribution in [0.5, 0.6) is 0 Å². The summed E-state index contributed by atoms with van der Waals surface area (Å²) in [5.41, 5.74) is 7.55. The molecule has 0 radical (unpaired) electrons. The van der Waals surface area contributed by atoms with E-state index in [1.165, 1.54) is 0 Å². The number of nitrogens with zero attached hydrogens (tertiary/aromatic N) is 2. The highest BCUT2D eigenvalue weighted by atomic mass is 16.2. The van der Waals surface area contributed by atoms with Crippen molar-refractivity contribution >= 4 is 17.4 Å². The summed E-state index contributed by atoms with van der Waals surface area (Å²) in [5.74, 6) is 1.56. The van der Waals surface area contributed by atoms with Gasteiger partial charge in [-0.1, -0.05) is 61.7 Å². The fraction of sp³-hybridized carbons (Fsp3) is 0.394. The molecule has 1 amide bonds. The second-order valence-corrected chi connectivity index (χ2v) is 11.0. The number of piperidine rings is 1. The minimum Gasteiger partial charge on any atom is -0.372 e. The number of amides is 1. The molecule has 2 fully saturated rings. The third kappa shape index (κ3) is 5.07. The number of rotatable bonds is 7. The van der Waals surface area contributed by atoms with Gasteiger partial charge in [-0.05, 0) is 78.3 Å². The van der Waals surface area contributed by atoms with Crippen molar-refractivity contribution in [3.8, 4) is 11.1 Å². The van der Waals surface area contributed by atoms with Gasteiger partial charge in [0.15, 0.2) is 0 Å². The van der Waals surface area contributed by atoms with Crippen molar-refractivity contribution in [2.45, 2.75) is 51.4 Å². The Kier molecular flexibility index (Phi) is 7.19. The van der Waals surface area contributed by atoms with Gasteiger partial charge in [-0.25, -0.2) is 0 Å². The van der Waals surface area contributed by atoms with E-state index in [0.29, 0.717) is 30.5 Å². The molecule has 2 heterocycles. The second-order valence-electron chi connectivity index (χ2n) is 11.0. The molecule has 0 bridgehead atoms. The van der Waals surface area contributed by atoms with Gasteiger partial charge < -0.3 is 9.80 Å². The molecular weight excluding hydrogens is 456 g/mol. The van der Waals surface area contributed by atoms with Crippen LogP contribution in [0, 0.1) is 11.8 Å². The van der Waals surface area contributed by atoms with E-state index in [4.69, 9.17) is 0 Å². The SMILES string of the molecule is C=C(CC=CC)C(=C)N1CCC(C2CC(=O)C(c3cccc(-c4ccc5c(c4)N(C)C(=O)C5)c3)C2)CC1. The third-order valence-corrected chi connectivity index (χ3v) is 8.77. The number of likely N-dealkylation sites (tertiary alicyclic amines) is 1. The van der Waals surface area contributed by atoms with Crippen molar-refractivity contribution in [2.75, 3.05) is 25.0 Å². The summed E-state index contributed by atoms with van der Waals surface area (Å²) >= 11 is 0. The van der Waals surface area contributed by atoms with Gasteiger partial charge in [0.25, 0.3) is 0 Å². The first-order chi connectivity index (χ1) is 17.9. The lowest BCUT2D eigenvalue weighted by atomic mass is 9.82. The number of carbonyl (C=O) groups excluding carboxylic acids is 2. The average molecular weight is 495 g/mol. The molecule has 3 aliphatic rings. The first-order valence-corrected chi connectivity index (χ1v) is 13.6. The topological polar surface area (TPSA) is 40.6 Å². The van der Waals surface area contributed by atoms with E-state index in [9.17, 15) is 9.59 Å². The van der Waals surface area contributed by atoms with Crippen molar-refractivity contribution in [3.63, 3.8) is 0 Å². The van der Waals surface area contributed by atoms with E-state index in [1.807, 2.05) is 14.0 Å². The molecule has 0 N–H and O–H groups in total. The quantitative estimate of drug-likeness (QED) is 0.318. The van der Waals surface area contributed by atoms with Gasteiger partial charge in [-0.15, -0.1) is 0 Å². The molecule has 5 rings (SSSR count). The Morgan fingerprint density at radius 3 is 2.54 bits per heavy atom. The molecule has 2 aliphatic heterocycles. The summed E-state index contributed by atoms with van der Waals surface area (Å²) in [6, 6.07) is 14.7. The van der Waals surface area contributed by atoms with Crippen LogP contribution in [0.2, 0.25) is 0 Å². The predicted octanol–water partition coefficient (Wildman–Crippen LogP) is 6.68. The zero-order chi connectivity index (χ0) is 26.1. The standard InChI is InChI=1S/C33H38N2O2/c1-5-6-8-22(2)23(3)35-15-13-24(14-16-35)29-18-30(32(36)20-29)27-10-7-9-25(17-27)26-11-12-28-21-33(37)34(4)31(28)19-26/h5-7,9-12,17,19,24,29-30H,2-3,8,13-16,18,20-21H2,1,4H3. The summed E-state index contributed by atoms with van der Waals surface area (Å²) in [4.78, 5) is 29.4. The van der Waals surface area contributed by atoms with Crippen LogP contribution < -0.4 is 4.90 Å². The molecule has 4 heteroatoms. The molecule has 2 unspecified atom stereocenters. The number of hydrogen-bond donors (Lipinski definition) is 0. The van der Waals surface area contributed by atoms with E-state index in [-0.39, 0.29) is 11.8 Å². The number of allylic oxidation sites excluding steroid dienone is 3. The number of Topliss-reactive ketones (excluding diaryl/α,β-unsaturated/α-hetero) is 1. The summed E-state index contributed by atoms with van der Waals surface area (Å²) in [6.07, 6.45) is 9.38. The Hall–Kier alpha value is -3.40.